The Morgan fingerprint density at radius 1 is 1.21 bits per heavy atom. The molecule has 0 aliphatic heterocycles. The van der Waals surface area contributed by atoms with Crippen LogP contribution < -0.4 is 5.32 Å². The number of halogens is 1. The zero-order valence-electron chi connectivity index (χ0n) is 10.4. The average molecular weight is 275 g/mol. The van der Waals surface area contributed by atoms with Crippen LogP contribution in [0.4, 0.5) is 10.1 Å². The highest BCUT2D eigenvalue weighted by Crippen LogP contribution is 2.30. The van der Waals surface area contributed by atoms with Crippen molar-refractivity contribution in [3.8, 4) is 0 Å². The van der Waals surface area contributed by atoms with E-state index in [4.69, 9.17) is 0 Å². The summed E-state index contributed by atoms with van der Waals surface area (Å²) in [6.45, 7) is 0. The molecule has 0 radical (unpaired) electrons. The van der Waals surface area contributed by atoms with Crippen LogP contribution in [0.1, 0.15) is 33.0 Å². The summed E-state index contributed by atoms with van der Waals surface area (Å²) in [6, 6.07) is 8.18. The van der Waals surface area contributed by atoms with E-state index in [9.17, 15) is 9.18 Å². The quantitative estimate of drug-likeness (QED) is 0.881. The van der Waals surface area contributed by atoms with E-state index in [-0.39, 0.29) is 11.6 Å². The number of hydrogen-bond donors (Lipinski definition) is 1. The topological polar surface area (TPSA) is 29.1 Å². The predicted octanol–water partition coefficient (Wildman–Crippen LogP) is 4.02. The Balaban J connectivity index is 1.81. The third kappa shape index (κ3) is 2.54. The minimum absolute atomic E-state index is 0.218. The fourth-order valence-corrected chi connectivity index (χ4v) is 3.50. The van der Waals surface area contributed by atoms with Crippen molar-refractivity contribution >= 4 is 22.9 Å². The number of nitrogens with one attached hydrogen (secondary N) is 1. The van der Waals surface area contributed by atoms with Crippen LogP contribution in [0.25, 0.3) is 0 Å². The lowest BCUT2D eigenvalue weighted by Crippen LogP contribution is -2.11. The van der Waals surface area contributed by atoms with Gasteiger partial charge in [0, 0.05) is 4.88 Å². The number of fused-ring (bicyclic) bond motifs is 1. The van der Waals surface area contributed by atoms with Gasteiger partial charge in [-0.25, -0.2) is 4.39 Å². The van der Waals surface area contributed by atoms with Gasteiger partial charge in [-0.05, 0) is 49.4 Å². The summed E-state index contributed by atoms with van der Waals surface area (Å²) in [5.41, 5.74) is 1.52. The van der Waals surface area contributed by atoms with Crippen molar-refractivity contribution in [1.29, 1.82) is 0 Å². The number of thiophene rings is 1. The molecule has 2 nitrogen and oxygen atoms in total. The van der Waals surface area contributed by atoms with Crippen LogP contribution in [0.3, 0.4) is 0 Å². The van der Waals surface area contributed by atoms with E-state index in [2.05, 4.69) is 5.32 Å². The molecule has 1 aliphatic carbocycles. The van der Waals surface area contributed by atoms with Crippen molar-refractivity contribution in [2.24, 2.45) is 0 Å². The van der Waals surface area contributed by atoms with Crippen LogP contribution in [0.2, 0.25) is 0 Å². The lowest BCUT2D eigenvalue weighted by atomic mass is 9.99. The molecule has 0 saturated heterocycles. The van der Waals surface area contributed by atoms with Gasteiger partial charge in [-0.3, -0.25) is 4.79 Å². The number of aryl methyl sites for hydroxylation is 2. The molecule has 19 heavy (non-hydrogen) atoms. The number of benzene rings is 1. The largest absolute Gasteiger partial charge is 0.319 e. The number of anilines is 1. The van der Waals surface area contributed by atoms with Gasteiger partial charge in [0.1, 0.15) is 5.82 Å². The van der Waals surface area contributed by atoms with Crippen molar-refractivity contribution in [3.05, 3.63) is 51.5 Å². The first-order valence-corrected chi connectivity index (χ1v) is 7.23. The molecule has 1 heterocycles. The number of para-hydroxylation sites is 1. The van der Waals surface area contributed by atoms with E-state index < -0.39 is 5.82 Å². The van der Waals surface area contributed by atoms with Crippen molar-refractivity contribution < 1.29 is 9.18 Å². The standard InChI is InChI=1S/C15H14FNOS/c16-11-6-2-3-7-12(11)17-15(18)14-9-10-5-1-4-8-13(10)19-14/h2-3,6-7,9H,1,4-5,8H2,(H,17,18). The zero-order chi connectivity index (χ0) is 13.2. The van der Waals surface area contributed by atoms with Gasteiger partial charge in [-0.15, -0.1) is 11.3 Å². The highest BCUT2D eigenvalue weighted by atomic mass is 32.1. The molecular weight excluding hydrogens is 261 g/mol. The molecule has 1 aliphatic rings. The van der Waals surface area contributed by atoms with Gasteiger partial charge in [-0.2, -0.15) is 0 Å². The van der Waals surface area contributed by atoms with Crippen LogP contribution >= 0.6 is 11.3 Å². The summed E-state index contributed by atoms with van der Waals surface area (Å²) >= 11 is 1.53. The fourth-order valence-electron chi connectivity index (χ4n) is 2.35. The minimum Gasteiger partial charge on any atom is -0.319 e. The third-order valence-electron chi connectivity index (χ3n) is 3.34. The highest BCUT2D eigenvalue weighted by Gasteiger charge is 2.17. The van der Waals surface area contributed by atoms with Crippen LogP contribution in [-0.4, -0.2) is 5.91 Å². The van der Waals surface area contributed by atoms with E-state index in [0.29, 0.717) is 4.88 Å². The molecule has 1 aromatic heterocycles. The lowest BCUT2D eigenvalue weighted by molar-refractivity contribution is 0.103. The molecule has 1 N–H and O–H groups in total. The first-order valence-electron chi connectivity index (χ1n) is 6.41. The SMILES string of the molecule is O=C(Nc1ccccc1F)c1cc2c(s1)CCCC2. The molecule has 1 amide bonds. The van der Waals surface area contributed by atoms with Crippen molar-refractivity contribution in [2.75, 3.05) is 5.32 Å². The van der Waals surface area contributed by atoms with Gasteiger partial charge in [0.05, 0.1) is 10.6 Å². The Bertz CT molecular complexity index is 597. The summed E-state index contributed by atoms with van der Waals surface area (Å²) in [4.78, 5) is 14.1. The van der Waals surface area contributed by atoms with Gasteiger partial charge < -0.3 is 5.32 Å². The summed E-state index contributed by atoms with van der Waals surface area (Å²) in [6.07, 6.45) is 4.51. The van der Waals surface area contributed by atoms with Crippen molar-refractivity contribution in [2.45, 2.75) is 25.7 Å². The molecule has 0 saturated carbocycles. The van der Waals surface area contributed by atoms with Crippen LogP contribution in [0.5, 0.6) is 0 Å². The Morgan fingerprint density at radius 2 is 2.00 bits per heavy atom. The third-order valence-corrected chi connectivity index (χ3v) is 4.58. The van der Waals surface area contributed by atoms with E-state index >= 15 is 0 Å². The van der Waals surface area contributed by atoms with Gasteiger partial charge in [0.25, 0.3) is 5.91 Å². The molecule has 4 heteroatoms. The number of hydrogen-bond acceptors (Lipinski definition) is 2. The summed E-state index contributed by atoms with van der Waals surface area (Å²) in [7, 11) is 0. The molecule has 1 aromatic carbocycles. The Kier molecular flexibility index (Phi) is 3.34. The van der Waals surface area contributed by atoms with E-state index in [1.165, 1.54) is 40.7 Å². The van der Waals surface area contributed by atoms with Gasteiger partial charge in [-0.1, -0.05) is 12.1 Å². The van der Waals surface area contributed by atoms with Gasteiger partial charge in [0.15, 0.2) is 0 Å². The summed E-state index contributed by atoms with van der Waals surface area (Å²) in [5.74, 6) is -0.623. The molecule has 3 rings (SSSR count). The zero-order valence-corrected chi connectivity index (χ0v) is 11.2. The van der Waals surface area contributed by atoms with Crippen molar-refractivity contribution in [1.82, 2.24) is 0 Å². The second kappa shape index (κ2) is 5.13. The van der Waals surface area contributed by atoms with Crippen LogP contribution in [0.15, 0.2) is 30.3 Å². The first kappa shape index (κ1) is 12.4. The maximum Gasteiger partial charge on any atom is 0.265 e. The van der Waals surface area contributed by atoms with Crippen molar-refractivity contribution in [3.63, 3.8) is 0 Å². The number of rotatable bonds is 2. The monoisotopic (exact) mass is 275 g/mol. The second-order valence-corrected chi connectivity index (χ2v) is 5.84. The maximum absolute atomic E-state index is 13.5. The van der Waals surface area contributed by atoms with Crippen LogP contribution in [-0.2, 0) is 12.8 Å². The highest BCUT2D eigenvalue weighted by molar-refractivity contribution is 7.14. The average Bonchev–Trinajstić information content (AvgIpc) is 2.85. The molecule has 0 spiro atoms. The first-order chi connectivity index (χ1) is 9.24. The van der Waals surface area contributed by atoms with Crippen LogP contribution in [0, 0.1) is 5.82 Å². The Morgan fingerprint density at radius 3 is 2.79 bits per heavy atom. The molecule has 0 bridgehead atoms. The van der Waals surface area contributed by atoms with E-state index in [0.717, 1.165) is 12.8 Å². The fraction of sp³-hybridized carbons (Fsp3) is 0.267. The molecular formula is C15H14FNOS. The second-order valence-electron chi connectivity index (χ2n) is 4.70. The molecule has 98 valence electrons. The van der Waals surface area contributed by atoms with E-state index in [1.54, 1.807) is 18.2 Å². The minimum atomic E-state index is -0.405. The molecule has 0 fully saturated rings. The number of carbonyl (C=O) groups is 1. The Hall–Kier alpha value is -1.68. The number of amides is 1. The molecule has 0 unspecified atom stereocenters. The summed E-state index contributed by atoms with van der Waals surface area (Å²) in [5, 5.41) is 2.63. The lowest BCUT2D eigenvalue weighted by Gasteiger charge is -2.08. The molecule has 0 atom stereocenters. The van der Waals surface area contributed by atoms with Gasteiger partial charge >= 0.3 is 0 Å². The summed E-state index contributed by atoms with van der Waals surface area (Å²) < 4.78 is 13.5. The normalized spacial score (nSPS) is 13.9. The van der Waals surface area contributed by atoms with Gasteiger partial charge in [0.2, 0.25) is 0 Å². The smallest absolute Gasteiger partial charge is 0.265 e. The number of carbonyl (C=O) groups excluding carboxylic acids is 1. The maximum atomic E-state index is 13.5. The Labute approximate surface area is 115 Å². The van der Waals surface area contributed by atoms with E-state index in [1.807, 2.05) is 6.07 Å². The predicted molar refractivity (Wildman–Crippen MR) is 75.3 cm³/mol. The molecule has 2 aromatic rings.